The molecule has 2 heterocycles. The summed E-state index contributed by atoms with van der Waals surface area (Å²) in [4.78, 5) is 31.3. The fourth-order valence-corrected chi connectivity index (χ4v) is 3.26. The molecule has 0 saturated heterocycles. The van der Waals surface area contributed by atoms with Gasteiger partial charge < -0.3 is 9.84 Å². The van der Waals surface area contributed by atoms with Gasteiger partial charge in [-0.2, -0.15) is 4.98 Å². The summed E-state index contributed by atoms with van der Waals surface area (Å²) < 4.78 is 6.16. The average molecular weight is 356 g/mol. The Labute approximate surface area is 147 Å². The van der Waals surface area contributed by atoms with Crippen LogP contribution in [0.2, 0.25) is 0 Å². The van der Waals surface area contributed by atoms with Gasteiger partial charge in [-0.1, -0.05) is 18.2 Å². The number of aromatic nitrogens is 2. The molecule has 0 amide bonds. The first-order valence-corrected chi connectivity index (χ1v) is 8.61. The second-order valence-corrected chi connectivity index (χ2v) is 6.37. The minimum Gasteiger partial charge on any atom is -0.481 e. The molecule has 0 aliphatic rings. The highest BCUT2D eigenvalue weighted by Crippen LogP contribution is 2.24. The van der Waals surface area contributed by atoms with E-state index in [0.717, 1.165) is 10.4 Å². The van der Waals surface area contributed by atoms with Crippen LogP contribution in [0.25, 0.3) is 20.8 Å². The second kappa shape index (κ2) is 7.96. The van der Waals surface area contributed by atoms with Gasteiger partial charge in [0, 0.05) is 16.8 Å². The number of carbonyl (C=O) groups is 1. The number of benzene rings is 1. The zero-order valence-corrected chi connectivity index (χ0v) is 14.2. The van der Waals surface area contributed by atoms with E-state index in [4.69, 9.17) is 9.84 Å². The zero-order valence-electron chi connectivity index (χ0n) is 13.3. The van der Waals surface area contributed by atoms with Crippen molar-refractivity contribution in [2.75, 3.05) is 13.2 Å². The Morgan fingerprint density at radius 3 is 2.76 bits per heavy atom. The quantitative estimate of drug-likeness (QED) is 0.655. The summed E-state index contributed by atoms with van der Waals surface area (Å²) >= 11 is 1.43. The number of nitrogens with zero attached hydrogens (tertiary/aromatic N) is 2. The molecule has 0 saturated carbocycles. The van der Waals surface area contributed by atoms with Gasteiger partial charge in [-0.15, -0.1) is 11.3 Å². The van der Waals surface area contributed by atoms with Crippen molar-refractivity contribution in [3.63, 3.8) is 0 Å². The third-order valence-electron chi connectivity index (χ3n) is 3.52. The smallest absolute Gasteiger partial charge is 0.305 e. The summed E-state index contributed by atoms with van der Waals surface area (Å²) in [5, 5.41) is 9.76. The van der Waals surface area contributed by atoms with Crippen molar-refractivity contribution in [3.05, 3.63) is 58.5 Å². The number of aliphatic carboxylic acids is 1. The van der Waals surface area contributed by atoms with Crippen LogP contribution in [0, 0.1) is 0 Å². The Morgan fingerprint density at radius 2 is 1.92 bits per heavy atom. The van der Waals surface area contributed by atoms with Gasteiger partial charge in [-0.3, -0.25) is 14.6 Å². The molecule has 0 fully saturated rings. The molecule has 3 rings (SSSR count). The van der Waals surface area contributed by atoms with Gasteiger partial charge in [0.05, 0.1) is 30.7 Å². The van der Waals surface area contributed by atoms with Gasteiger partial charge in [0.1, 0.15) is 5.01 Å². The van der Waals surface area contributed by atoms with Crippen molar-refractivity contribution in [1.29, 1.82) is 0 Å². The fourth-order valence-electron chi connectivity index (χ4n) is 2.30. The average Bonchev–Trinajstić information content (AvgIpc) is 2.61. The Balaban J connectivity index is 1.75. The van der Waals surface area contributed by atoms with Crippen LogP contribution in [0.5, 0.6) is 0 Å². The van der Waals surface area contributed by atoms with Crippen molar-refractivity contribution >= 4 is 27.4 Å². The summed E-state index contributed by atoms with van der Waals surface area (Å²) in [7, 11) is 0. The van der Waals surface area contributed by atoms with Gasteiger partial charge in [-0.25, -0.2) is 0 Å². The molecule has 128 valence electrons. The van der Waals surface area contributed by atoms with Crippen LogP contribution in [-0.4, -0.2) is 34.3 Å². The number of carboxylic acid groups (broad SMARTS) is 1. The third-order valence-corrected chi connectivity index (χ3v) is 4.59. The number of carboxylic acids is 1. The highest BCUT2D eigenvalue weighted by molar-refractivity contribution is 7.21. The lowest BCUT2D eigenvalue weighted by atomic mass is 10.2. The summed E-state index contributed by atoms with van der Waals surface area (Å²) in [6, 6.07) is 12.9. The van der Waals surface area contributed by atoms with Gasteiger partial charge in [0.25, 0.3) is 5.56 Å². The van der Waals surface area contributed by atoms with Crippen LogP contribution < -0.4 is 5.56 Å². The molecule has 25 heavy (non-hydrogen) atoms. The molecule has 6 nitrogen and oxygen atoms in total. The van der Waals surface area contributed by atoms with Crippen molar-refractivity contribution in [2.45, 2.75) is 12.8 Å². The molecule has 0 bridgehead atoms. The fraction of sp³-hybridized carbons (Fsp3) is 0.222. The molecule has 0 atom stereocenters. The highest BCUT2D eigenvalue weighted by Gasteiger charge is 2.08. The molecule has 1 aromatic carbocycles. The number of rotatable bonds is 7. The molecular weight excluding hydrogens is 340 g/mol. The molecule has 0 aliphatic carbocycles. The van der Waals surface area contributed by atoms with E-state index in [-0.39, 0.29) is 18.6 Å². The maximum Gasteiger partial charge on any atom is 0.305 e. The largest absolute Gasteiger partial charge is 0.481 e. The van der Waals surface area contributed by atoms with Crippen molar-refractivity contribution in [3.8, 4) is 10.7 Å². The van der Waals surface area contributed by atoms with Gasteiger partial charge >= 0.3 is 5.97 Å². The van der Waals surface area contributed by atoms with Crippen molar-refractivity contribution in [2.24, 2.45) is 0 Å². The van der Waals surface area contributed by atoms with E-state index in [2.05, 4.69) is 9.97 Å². The maximum absolute atomic E-state index is 12.2. The number of pyridine rings is 1. The molecule has 0 radical (unpaired) electrons. The first-order valence-electron chi connectivity index (χ1n) is 7.79. The molecule has 1 N–H and O–H groups in total. The lowest BCUT2D eigenvalue weighted by molar-refractivity contribution is -0.138. The van der Waals surface area contributed by atoms with Crippen LogP contribution in [0.4, 0.5) is 0 Å². The standard InChI is InChI=1S/C18H16N2O4S/c21-16(22)9-11-24-10-8-12-4-3-6-14(19-12)18-20-17(23)13-5-1-2-7-15(13)25-18/h1-7H,8-11H2,(H,21,22). The van der Waals surface area contributed by atoms with Crippen molar-refractivity contribution < 1.29 is 14.6 Å². The lowest BCUT2D eigenvalue weighted by Crippen LogP contribution is -2.07. The molecule has 3 aromatic rings. The molecule has 2 aromatic heterocycles. The van der Waals surface area contributed by atoms with E-state index in [1.165, 1.54) is 11.3 Å². The van der Waals surface area contributed by atoms with E-state index in [9.17, 15) is 9.59 Å². The van der Waals surface area contributed by atoms with E-state index < -0.39 is 5.97 Å². The first kappa shape index (κ1) is 17.2. The molecule has 0 unspecified atom stereocenters. The molecule has 7 heteroatoms. The Morgan fingerprint density at radius 1 is 1.08 bits per heavy atom. The van der Waals surface area contributed by atoms with E-state index in [1.807, 2.05) is 36.4 Å². The number of hydrogen-bond donors (Lipinski definition) is 1. The Kier molecular flexibility index (Phi) is 5.47. The predicted octanol–water partition coefficient (Wildman–Crippen LogP) is 2.75. The number of ether oxygens (including phenoxy) is 1. The Bertz CT molecular complexity index is 955. The first-order chi connectivity index (χ1) is 12.1. The van der Waals surface area contributed by atoms with Crippen LogP contribution in [0.3, 0.4) is 0 Å². The van der Waals surface area contributed by atoms with Gasteiger partial charge in [-0.05, 0) is 24.3 Å². The minimum atomic E-state index is -0.877. The second-order valence-electron chi connectivity index (χ2n) is 5.34. The topological polar surface area (TPSA) is 89.4 Å². The van der Waals surface area contributed by atoms with Gasteiger partial charge in [0.15, 0.2) is 0 Å². The third kappa shape index (κ3) is 4.46. The summed E-state index contributed by atoms with van der Waals surface area (Å²) in [6.45, 7) is 0.577. The minimum absolute atomic E-state index is 0.0115. The van der Waals surface area contributed by atoms with Crippen LogP contribution in [0.1, 0.15) is 12.1 Å². The number of hydrogen-bond acceptors (Lipinski definition) is 6. The van der Waals surface area contributed by atoms with Gasteiger partial charge in [0.2, 0.25) is 0 Å². The van der Waals surface area contributed by atoms with E-state index in [0.29, 0.717) is 29.1 Å². The maximum atomic E-state index is 12.2. The summed E-state index contributed by atoms with van der Waals surface area (Å²) in [6.07, 6.45) is 0.554. The van der Waals surface area contributed by atoms with Crippen LogP contribution in [0.15, 0.2) is 47.3 Å². The Hall–Kier alpha value is -2.64. The van der Waals surface area contributed by atoms with Crippen LogP contribution >= 0.6 is 11.3 Å². The number of fused-ring (bicyclic) bond motifs is 1. The lowest BCUT2D eigenvalue weighted by Gasteiger charge is -2.05. The SMILES string of the molecule is O=C(O)CCOCCc1cccc(-c2nc(=O)c3ccccc3s2)n1. The summed E-state index contributed by atoms with van der Waals surface area (Å²) in [5.41, 5.74) is 1.20. The van der Waals surface area contributed by atoms with E-state index in [1.54, 1.807) is 6.07 Å². The normalized spacial score (nSPS) is 10.9. The summed E-state index contributed by atoms with van der Waals surface area (Å²) in [5.74, 6) is -0.877. The van der Waals surface area contributed by atoms with Crippen molar-refractivity contribution in [1.82, 2.24) is 9.97 Å². The zero-order chi connectivity index (χ0) is 17.6. The molecular formula is C18H16N2O4S. The predicted molar refractivity (Wildman–Crippen MR) is 95.9 cm³/mol. The molecule has 0 aliphatic heterocycles. The highest BCUT2D eigenvalue weighted by atomic mass is 32.1. The monoisotopic (exact) mass is 356 g/mol. The van der Waals surface area contributed by atoms with E-state index >= 15 is 0 Å². The molecule has 0 spiro atoms. The van der Waals surface area contributed by atoms with Crippen LogP contribution in [-0.2, 0) is 16.0 Å².